The highest BCUT2D eigenvalue weighted by Gasteiger charge is 2.26. The average Bonchev–Trinajstić information content (AvgIpc) is 2.77. The molecule has 3 nitrogen and oxygen atoms in total. The fourth-order valence-electron chi connectivity index (χ4n) is 2.23. The Morgan fingerprint density at radius 2 is 2.35 bits per heavy atom. The van der Waals surface area contributed by atoms with Gasteiger partial charge in [0.1, 0.15) is 5.75 Å². The standard InChI is InChI=1S/C13H16ClNO2/c14-6-4-10-5-7-15(9-10)13(17)11-2-1-3-12(16)8-11/h1-3,8,10,16H,4-7,9H2. The van der Waals surface area contributed by atoms with Crippen LogP contribution in [0.25, 0.3) is 0 Å². The minimum Gasteiger partial charge on any atom is -0.508 e. The summed E-state index contributed by atoms with van der Waals surface area (Å²) in [5, 5.41) is 9.35. The lowest BCUT2D eigenvalue weighted by Gasteiger charge is -2.16. The molecule has 92 valence electrons. The van der Waals surface area contributed by atoms with E-state index in [1.54, 1.807) is 18.2 Å². The van der Waals surface area contributed by atoms with Gasteiger partial charge in [0.2, 0.25) is 0 Å². The summed E-state index contributed by atoms with van der Waals surface area (Å²) in [6.45, 7) is 1.57. The van der Waals surface area contributed by atoms with Crippen LogP contribution in [0.1, 0.15) is 23.2 Å². The van der Waals surface area contributed by atoms with Crippen LogP contribution < -0.4 is 0 Å². The number of carbonyl (C=O) groups excluding carboxylic acids is 1. The lowest BCUT2D eigenvalue weighted by molar-refractivity contribution is 0.0786. The van der Waals surface area contributed by atoms with Crippen molar-refractivity contribution in [1.29, 1.82) is 0 Å². The Kier molecular flexibility index (Phi) is 3.89. The van der Waals surface area contributed by atoms with E-state index >= 15 is 0 Å². The minimum absolute atomic E-state index is 0.00188. The lowest BCUT2D eigenvalue weighted by Crippen LogP contribution is -2.28. The molecule has 1 unspecified atom stereocenters. The van der Waals surface area contributed by atoms with Crippen molar-refractivity contribution in [3.8, 4) is 5.75 Å². The number of halogens is 1. The zero-order chi connectivity index (χ0) is 12.3. The first-order valence-corrected chi connectivity index (χ1v) is 6.38. The first-order chi connectivity index (χ1) is 8.20. The molecular weight excluding hydrogens is 238 g/mol. The predicted molar refractivity (Wildman–Crippen MR) is 67.5 cm³/mol. The highest BCUT2D eigenvalue weighted by Crippen LogP contribution is 2.22. The molecule has 1 fully saturated rings. The van der Waals surface area contributed by atoms with Gasteiger partial charge in [-0.15, -0.1) is 11.6 Å². The summed E-state index contributed by atoms with van der Waals surface area (Å²) in [6.07, 6.45) is 1.99. The summed E-state index contributed by atoms with van der Waals surface area (Å²) in [4.78, 5) is 14.0. The molecule has 2 rings (SSSR count). The zero-order valence-corrected chi connectivity index (χ0v) is 10.4. The van der Waals surface area contributed by atoms with Gasteiger partial charge in [-0.05, 0) is 37.0 Å². The van der Waals surface area contributed by atoms with Gasteiger partial charge in [-0.1, -0.05) is 6.07 Å². The summed E-state index contributed by atoms with van der Waals surface area (Å²) >= 11 is 5.71. The summed E-state index contributed by atoms with van der Waals surface area (Å²) in [6, 6.07) is 6.50. The Bertz CT molecular complexity index is 408. The first kappa shape index (κ1) is 12.2. The Balaban J connectivity index is 2.02. The molecule has 0 radical (unpaired) electrons. The molecule has 1 saturated heterocycles. The van der Waals surface area contributed by atoms with Crippen LogP contribution in [0.4, 0.5) is 0 Å². The van der Waals surface area contributed by atoms with Crippen LogP contribution in [0.2, 0.25) is 0 Å². The molecule has 0 bridgehead atoms. The number of aromatic hydroxyl groups is 1. The van der Waals surface area contributed by atoms with Crippen LogP contribution in [-0.4, -0.2) is 34.9 Å². The monoisotopic (exact) mass is 253 g/mol. The minimum atomic E-state index is -0.00188. The second-order valence-electron chi connectivity index (χ2n) is 4.43. The summed E-state index contributed by atoms with van der Waals surface area (Å²) in [5.74, 6) is 1.30. The number of phenols is 1. The van der Waals surface area contributed by atoms with Gasteiger partial charge in [-0.25, -0.2) is 0 Å². The molecule has 17 heavy (non-hydrogen) atoms. The van der Waals surface area contributed by atoms with E-state index in [4.69, 9.17) is 11.6 Å². The second-order valence-corrected chi connectivity index (χ2v) is 4.81. The summed E-state index contributed by atoms with van der Waals surface area (Å²) in [7, 11) is 0. The van der Waals surface area contributed by atoms with Gasteiger partial charge in [0, 0.05) is 24.5 Å². The van der Waals surface area contributed by atoms with Gasteiger partial charge in [-0.2, -0.15) is 0 Å². The van der Waals surface area contributed by atoms with Crippen LogP contribution in [0.5, 0.6) is 5.75 Å². The molecule has 1 aliphatic rings. The lowest BCUT2D eigenvalue weighted by atomic mass is 10.1. The number of alkyl halides is 1. The molecule has 1 heterocycles. The van der Waals surface area contributed by atoms with Crippen molar-refractivity contribution in [3.63, 3.8) is 0 Å². The first-order valence-electron chi connectivity index (χ1n) is 5.85. The Labute approximate surface area is 106 Å². The maximum Gasteiger partial charge on any atom is 0.253 e. The summed E-state index contributed by atoms with van der Waals surface area (Å²) in [5.41, 5.74) is 0.552. The number of hydrogen-bond donors (Lipinski definition) is 1. The topological polar surface area (TPSA) is 40.5 Å². The number of benzene rings is 1. The molecule has 0 spiro atoms. The van der Waals surface area contributed by atoms with Gasteiger partial charge in [0.25, 0.3) is 5.91 Å². The normalized spacial score (nSPS) is 19.6. The maximum atomic E-state index is 12.1. The van der Waals surface area contributed by atoms with E-state index in [0.29, 0.717) is 17.4 Å². The van der Waals surface area contributed by atoms with Gasteiger partial charge in [-0.3, -0.25) is 4.79 Å². The Hall–Kier alpha value is -1.22. The van der Waals surface area contributed by atoms with Crippen molar-refractivity contribution in [3.05, 3.63) is 29.8 Å². The molecular formula is C13H16ClNO2. The van der Waals surface area contributed by atoms with Crippen LogP contribution in [-0.2, 0) is 0 Å². The number of nitrogens with zero attached hydrogens (tertiary/aromatic N) is 1. The van der Waals surface area contributed by atoms with Crippen molar-refractivity contribution in [2.24, 2.45) is 5.92 Å². The SMILES string of the molecule is O=C(c1cccc(O)c1)N1CCC(CCCl)C1. The van der Waals surface area contributed by atoms with Gasteiger partial charge in [0.15, 0.2) is 0 Å². The van der Waals surface area contributed by atoms with Gasteiger partial charge < -0.3 is 10.0 Å². The third-order valence-electron chi connectivity index (χ3n) is 3.18. The van der Waals surface area contributed by atoms with E-state index < -0.39 is 0 Å². The molecule has 1 aromatic carbocycles. The second kappa shape index (κ2) is 5.41. The number of rotatable bonds is 3. The Morgan fingerprint density at radius 3 is 3.06 bits per heavy atom. The van der Waals surface area contributed by atoms with Gasteiger partial charge in [0.05, 0.1) is 0 Å². The molecule has 1 aliphatic heterocycles. The number of hydrogen-bond acceptors (Lipinski definition) is 2. The predicted octanol–water partition coefficient (Wildman–Crippen LogP) is 2.48. The van der Waals surface area contributed by atoms with E-state index in [9.17, 15) is 9.90 Å². The molecule has 0 saturated carbocycles. The van der Waals surface area contributed by atoms with Gasteiger partial charge >= 0.3 is 0 Å². The largest absolute Gasteiger partial charge is 0.508 e. The number of phenolic OH excluding ortho intramolecular Hbond substituents is 1. The van der Waals surface area contributed by atoms with E-state index in [0.717, 1.165) is 25.9 Å². The van der Waals surface area contributed by atoms with Crippen molar-refractivity contribution in [1.82, 2.24) is 4.90 Å². The molecule has 0 aromatic heterocycles. The summed E-state index contributed by atoms with van der Waals surface area (Å²) < 4.78 is 0. The van der Waals surface area contributed by atoms with E-state index in [2.05, 4.69) is 0 Å². The smallest absolute Gasteiger partial charge is 0.253 e. The van der Waals surface area contributed by atoms with Crippen molar-refractivity contribution < 1.29 is 9.90 Å². The van der Waals surface area contributed by atoms with Crippen LogP contribution in [0.15, 0.2) is 24.3 Å². The number of carbonyl (C=O) groups is 1. The third-order valence-corrected chi connectivity index (χ3v) is 3.40. The fraction of sp³-hybridized carbons (Fsp3) is 0.462. The number of amides is 1. The maximum absolute atomic E-state index is 12.1. The molecule has 1 N–H and O–H groups in total. The molecule has 1 aromatic rings. The van der Waals surface area contributed by atoms with Crippen LogP contribution >= 0.6 is 11.6 Å². The van der Waals surface area contributed by atoms with E-state index in [1.165, 1.54) is 6.07 Å². The third kappa shape index (κ3) is 2.91. The van der Waals surface area contributed by atoms with Crippen LogP contribution in [0, 0.1) is 5.92 Å². The van der Waals surface area contributed by atoms with Crippen molar-refractivity contribution in [2.45, 2.75) is 12.8 Å². The highest BCUT2D eigenvalue weighted by atomic mass is 35.5. The average molecular weight is 254 g/mol. The van der Waals surface area contributed by atoms with E-state index in [-0.39, 0.29) is 11.7 Å². The zero-order valence-electron chi connectivity index (χ0n) is 9.60. The molecule has 0 aliphatic carbocycles. The van der Waals surface area contributed by atoms with Crippen LogP contribution in [0.3, 0.4) is 0 Å². The highest BCUT2D eigenvalue weighted by molar-refractivity contribution is 6.17. The Morgan fingerprint density at radius 1 is 1.53 bits per heavy atom. The van der Waals surface area contributed by atoms with Crippen molar-refractivity contribution >= 4 is 17.5 Å². The quantitative estimate of drug-likeness (QED) is 0.841. The molecule has 1 atom stereocenters. The molecule has 1 amide bonds. The fourth-order valence-corrected chi connectivity index (χ4v) is 2.54. The number of likely N-dealkylation sites (tertiary alicyclic amines) is 1. The van der Waals surface area contributed by atoms with Crippen molar-refractivity contribution in [2.75, 3.05) is 19.0 Å². The molecule has 4 heteroatoms. The van der Waals surface area contributed by atoms with E-state index in [1.807, 2.05) is 4.90 Å².